The Morgan fingerprint density at radius 1 is 0.952 bits per heavy atom. The van der Waals surface area contributed by atoms with Crippen molar-refractivity contribution in [3.05, 3.63) is 121 Å². The number of carbonyl (C=O) groups is 2. The van der Waals surface area contributed by atoms with Crippen molar-refractivity contribution in [2.75, 3.05) is 0 Å². The summed E-state index contributed by atoms with van der Waals surface area (Å²) < 4.78 is 45.8. The van der Waals surface area contributed by atoms with Gasteiger partial charge in [0.2, 0.25) is 0 Å². The third kappa shape index (κ3) is 6.28. The monoisotopic (exact) mass is 717 g/mol. The maximum absolute atomic E-state index is 13.3. The third-order valence-electron chi connectivity index (χ3n) is 6.10. The van der Waals surface area contributed by atoms with Crippen LogP contribution in [-0.2, 0) is 6.18 Å². The summed E-state index contributed by atoms with van der Waals surface area (Å²) in [6, 6.07) is 21.7. The number of hydrogen-bond acceptors (Lipinski definition) is 4. The topological polar surface area (TPSA) is 83.5 Å². The van der Waals surface area contributed by atoms with Crippen LogP contribution in [0.1, 0.15) is 32.0 Å². The molecule has 0 spiro atoms. The quantitative estimate of drug-likeness (QED) is 0.0796. The van der Waals surface area contributed by atoms with Crippen LogP contribution in [0.5, 0.6) is 5.75 Å². The summed E-state index contributed by atoms with van der Waals surface area (Å²) in [7, 11) is 0. The minimum Gasteiger partial charge on any atom is -0.421 e. The number of halogens is 6. The summed E-state index contributed by atoms with van der Waals surface area (Å²) >= 11 is 13.0. The molecule has 0 unspecified atom stereocenters. The fraction of sp³-hybridized carbons (Fsp3) is 0.0333. The van der Waals surface area contributed by atoms with Crippen molar-refractivity contribution in [2.24, 2.45) is 5.10 Å². The summed E-state index contributed by atoms with van der Waals surface area (Å²) in [5.74, 6) is -1.58. The Bertz CT molecular complexity index is 1860. The molecule has 1 heterocycles. The van der Waals surface area contributed by atoms with Gasteiger partial charge in [-0.2, -0.15) is 18.3 Å². The van der Waals surface area contributed by atoms with Gasteiger partial charge in [-0.1, -0.05) is 76.1 Å². The molecule has 0 aliphatic carbocycles. The number of benzene rings is 4. The molecule has 0 atom stereocenters. The van der Waals surface area contributed by atoms with E-state index in [-0.39, 0.29) is 22.6 Å². The van der Waals surface area contributed by atoms with E-state index in [9.17, 15) is 22.8 Å². The second kappa shape index (κ2) is 12.1. The number of aromatic nitrogens is 1. The van der Waals surface area contributed by atoms with E-state index >= 15 is 0 Å². The lowest BCUT2D eigenvalue weighted by Crippen LogP contribution is -2.19. The highest BCUT2D eigenvalue weighted by atomic mass is 79.9. The predicted molar refractivity (Wildman–Crippen MR) is 162 cm³/mol. The van der Waals surface area contributed by atoms with Gasteiger partial charge in [0, 0.05) is 21.0 Å². The lowest BCUT2D eigenvalue weighted by Gasteiger charge is -2.12. The molecule has 0 bridgehead atoms. The zero-order chi connectivity index (χ0) is 30.0. The van der Waals surface area contributed by atoms with Gasteiger partial charge in [0.25, 0.3) is 5.91 Å². The lowest BCUT2D eigenvalue weighted by molar-refractivity contribution is -0.137. The van der Waals surface area contributed by atoms with Crippen molar-refractivity contribution in [1.82, 2.24) is 10.4 Å². The number of ether oxygens (including phenoxy) is 1. The first-order valence-electron chi connectivity index (χ1n) is 12.1. The minimum atomic E-state index is -4.62. The first-order valence-corrected chi connectivity index (χ1v) is 14.1. The maximum Gasteiger partial charge on any atom is 0.416 e. The molecule has 6 nitrogen and oxygen atoms in total. The van der Waals surface area contributed by atoms with Crippen molar-refractivity contribution in [3.63, 3.8) is 0 Å². The molecule has 5 rings (SSSR count). The van der Waals surface area contributed by atoms with Crippen LogP contribution in [0.4, 0.5) is 13.2 Å². The molecule has 0 aliphatic rings. The van der Waals surface area contributed by atoms with Crippen molar-refractivity contribution >= 4 is 72.5 Å². The number of rotatable bonds is 6. The Balaban J connectivity index is 1.43. The molecule has 0 saturated heterocycles. The summed E-state index contributed by atoms with van der Waals surface area (Å²) in [5.41, 5.74) is 3.70. The fourth-order valence-corrected chi connectivity index (χ4v) is 5.79. The van der Waals surface area contributed by atoms with Gasteiger partial charge in [-0.3, -0.25) is 4.79 Å². The van der Waals surface area contributed by atoms with Gasteiger partial charge in [-0.25, -0.2) is 10.2 Å². The fourth-order valence-electron chi connectivity index (χ4n) is 4.23. The standard InChI is InChI=1S/C30H17Br2ClF3N3O3/c31-20-13-18(27(22(32)14-20)42-29(41)17-8-4-9-19(12-17)30(34,35)36)15-37-39-28(40)26-24(16-6-2-1-3-7-16)21-10-5-11-23(33)25(21)38-26/h1-15,38H,(H,39,40). The SMILES string of the molecule is O=C(Oc1c(Br)cc(Br)cc1C=NNC(=O)c1[nH]c2c(Cl)cccc2c1-c1ccccc1)c1cccc(C(F)(F)F)c1. The molecule has 5 aromatic rings. The number of alkyl halides is 3. The van der Waals surface area contributed by atoms with Gasteiger partial charge < -0.3 is 9.72 Å². The number of carbonyl (C=O) groups excluding carboxylic acids is 2. The van der Waals surface area contributed by atoms with Gasteiger partial charge in [0.1, 0.15) is 5.69 Å². The Labute approximate surface area is 258 Å². The molecule has 0 fully saturated rings. The van der Waals surface area contributed by atoms with Crippen LogP contribution in [0.2, 0.25) is 5.02 Å². The van der Waals surface area contributed by atoms with Crippen molar-refractivity contribution < 1.29 is 27.5 Å². The van der Waals surface area contributed by atoms with E-state index < -0.39 is 23.6 Å². The summed E-state index contributed by atoms with van der Waals surface area (Å²) in [4.78, 5) is 29.2. The highest BCUT2D eigenvalue weighted by Crippen LogP contribution is 2.36. The van der Waals surface area contributed by atoms with Gasteiger partial charge in [0.05, 0.1) is 32.4 Å². The number of esters is 1. The van der Waals surface area contributed by atoms with Gasteiger partial charge >= 0.3 is 12.1 Å². The molecule has 2 N–H and O–H groups in total. The zero-order valence-corrected chi connectivity index (χ0v) is 25.0. The van der Waals surface area contributed by atoms with E-state index in [1.165, 1.54) is 12.3 Å². The zero-order valence-electron chi connectivity index (χ0n) is 21.1. The Morgan fingerprint density at radius 2 is 1.69 bits per heavy atom. The summed E-state index contributed by atoms with van der Waals surface area (Å²) in [5, 5.41) is 5.25. The van der Waals surface area contributed by atoms with Gasteiger partial charge in [-0.05, 0) is 57.9 Å². The number of fused-ring (bicyclic) bond motifs is 1. The maximum atomic E-state index is 13.3. The second-order valence-electron chi connectivity index (χ2n) is 8.88. The average molecular weight is 720 g/mol. The Kier molecular flexibility index (Phi) is 8.53. The van der Waals surface area contributed by atoms with E-state index in [0.29, 0.717) is 31.1 Å². The average Bonchev–Trinajstić information content (AvgIpc) is 3.36. The van der Waals surface area contributed by atoms with Crippen molar-refractivity contribution in [3.8, 4) is 16.9 Å². The second-order valence-corrected chi connectivity index (χ2v) is 11.1. The number of nitrogens with zero attached hydrogens (tertiary/aromatic N) is 1. The Hall–Kier alpha value is -3.93. The number of nitrogens with one attached hydrogen (secondary N) is 2. The van der Waals surface area contributed by atoms with E-state index in [2.05, 4.69) is 47.4 Å². The third-order valence-corrected chi connectivity index (χ3v) is 7.46. The molecule has 42 heavy (non-hydrogen) atoms. The molecule has 212 valence electrons. The van der Waals surface area contributed by atoms with Gasteiger partial charge in [-0.15, -0.1) is 0 Å². The first kappa shape index (κ1) is 29.6. The predicted octanol–water partition coefficient (Wildman–Crippen LogP) is 9.02. The smallest absolute Gasteiger partial charge is 0.416 e. The van der Waals surface area contributed by atoms with E-state index in [0.717, 1.165) is 23.1 Å². The first-order chi connectivity index (χ1) is 20.0. The summed E-state index contributed by atoms with van der Waals surface area (Å²) in [6.07, 6.45) is -3.37. The van der Waals surface area contributed by atoms with Crippen LogP contribution in [-0.4, -0.2) is 23.1 Å². The van der Waals surface area contributed by atoms with Crippen molar-refractivity contribution in [2.45, 2.75) is 6.18 Å². The van der Waals surface area contributed by atoms with Crippen LogP contribution >= 0.6 is 43.5 Å². The number of H-pyrrole nitrogens is 1. The molecule has 1 aromatic heterocycles. The highest BCUT2D eigenvalue weighted by molar-refractivity contribution is 9.11. The number of aromatic amines is 1. The van der Waals surface area contributed by atoms with Gasteiger partial charge in [0.15, 0.2) is 5.75 Å². The lowest BCUT2D eigenvalue weighted by atomic mass is 10.0. The number of para-hydroxylation sites is 1. The molecular weight excluding hydrogens is 703 g/mol. The molecule has 1 amide bonds. The highest BCUT2D eigenvalue weighted by Gasteiger charge is 2.31. The number of hydrazone groups is 1. The van der Waals surface area contributed by atoms with Crippen LogP contribution in [0, 0.1) is 0 Å². The van der Waals surface area contributed by atoms with Crippen LogP contribution in [0.15, 0.2) is 99.0 Å². The van der Waals surface area contributed by atoms with Crippen LogP contribution in [0.3, 0.4) is 0 Å². The van der Waals surface area contributed by atoms with E-state index in [1.807, 2.05) is 36.4 Å². The number of amides is 1. The molecule has 4 aromatic carbocycles. The van der Waals surface area contributed by atoms with E-state index in [4.69, 9.17) is 16.3 Å². The molecule has 0 aliphatic heterocycles. The molecule has 0 radical (unpaired) electrons. The van der Waals surface area contributed by atoms with E-state index in [1.54, 1.807) is 24.3 Å². The van der Waals surface area contributed by atoms with Crippen LogP contribution in [0.25, 0.3) is 22.0 Å². The summed E-state index contributed by atoms with van der Waals surface area (Å²) in [6.45, 7) is 0. The molecular formula is C30H17Br2ClF3N3O3. The van der Waals surface area contributed by atoms with Crippen molar-refractivity contribution in [1.29, 1.82) is 0 Å². The van der Waals surface area contributed by atoms with Crippen LogP contribution < -0.4 is 10.2 Å². The normalized spacial score (nSPS) is 11.7. The minimum absolute atomic E-state index is 0.0130. The largest absolute Gasteiger partial charge is 0.421 e. The molecule has 12 heteroatoms. The Morgan fingerprint density at radius 3 is 2.43 bits per heavy atom. The molecule has 0 saturated carbocycles. The number of hydrogen-bond donors (Lipinski definition) is 2.